The van der Waals surface area contributed by atoms with Crippen LogP contribution in [0.3, 0.4) is 0 Å². The number of benzene rings is 2. The van der Waals surface area contributed by atoms with Crippen molar-refractivity contribution in [1.82, 2.24) is 10.1 Å². The van der Waals surface area contributed by atoms with Crippen molar-refractivity contribution >= 4 is 24.0 Å². The smallest absolute Gasteiger partial charge is 0.151 e. The fraction of sp³-hybridized carbons (Fsp3) is 0.286. The molecule has 0 bridgehead atoms. The quantitative estimate of drug-likeness (QED) is 0.676. The molecule has 2 heterocycles. The lowest BCUT2D eigenvalue weighted by Gasteiger charge is -2.16. The molecule has 0 radical (unpaired) electrons. The maximum absolute atomic E-state index is 6.04. The van der Waals surface area contributed by atoms with Crippen LogP contribution < -0.4 is 5.73 Å². The van der Waals surface area contributed by atoms with E-state index in [1.54, 1.807) is 0 Å². The van der Waals surface area contributed by atoms with E-state index in [-0.39, 0.29) is 12.4 Å². The van der Waals surface area contributed by atoms with E-state index in [2.05, 4.69) is 40.4 Å². The van der Waals surface area contributed by atoms with Gasteiger partial charge in [-0.1, -0.05) is 59.2 Å². The van der Waals surface area contributed by atoms with Gasteiger partial charge in [-0.05, 0) is 30.2 Å². The van der Waals surface area contributed by atoms with E-state index in [0.29, 0.717) is 23.4 Å². The summed E-state index contributed by atoms with van der Waals surface area (Å²) in [5.74, 6) is 1.82. The van der Waals surface area contributed by atoms with Crippen LogP contribution in [0.4, 0.5) is 0 Å². The number of hydrogen-bond acceptors (Lipinski definition) is 4. The van der Waals surface area contributed by atoms with Gasteiger partial charge in [-0.3, -0.25) is 4.90 Å². The Morgan fingerprint density at radius 2 is 1.81 bits per heavy atom. The van der Waals surface area contributed by atoms with Gasteiger partial charge >= 0.3 is 0 Å². The number of nitrogens with zero attached hydrogens (tertiary/aromatic N) is 2. The first-order valence-electron chi connectivity index (χ1n) is 8.92. The molecule has 27 heavy (non-hydrogen) atoms. The van der Waals surface area contributed by atoms with E-state index in [9.17, 15) is 0 Å². The van der Waals surface area contributed by atoms with E-state index in [1.807, 2.05) is 30.3 Å². The first-order valence-corrected chi connectivity index (χ1v) is 9.29. The fourth-order valence-corrected chi connectivity index (χ4v) is 3.90. The van der Waals surface area contributed by atoms with E-state index < -0.39 is 0 Å². The molecule has 4 rings (SSSR count). The maximum Gasteiger partial charge on any atom is 0.151 e. The average Bonchev–Trinajstić information content (AvgIpc) is 3.30. The van der Waals surface area contributed by atoms with E-state index in [1.165, 1.54) is 5.56 Å². The van der Waals surface area contributed by atoms with Gasteiger partial charge < -0.3 is 10.3 Å². The molecule has 1 fully saturated rings. The zero-order valence-corrected chi connectivity index (χ0v) is 16.5. The van der Waals surface area contributed by atoms with E-state index >= 15 is 0 Å². The topological polar surface area (TPSA) is 55.3 Å². The number of likely N-dealkylation sites (tertiary alicyclic amines) is 1. The Hall–Kier alpha value is -1.85. The van der Waals surface area contributed by atoms with Crippen molar-refractivity contribution in [3.63, 3.8) is 0 Å². The largest absolute Gasteiger partial charge is 0.359 e. The summed E-state index contributed by atoms with van der Waals surface area (Å²) in [7, 11) is 0. The van der Waals surface area contributed by atoms with Crippen LogP contribution in [0.2, 0.25) is 5.02 Å². The summed E-state index contributed by atoms with van der Waals surface area (Å²) in [6.45, 7) is 3.42. The highest BCUT2D eigenvalue weighted by Gasteiger charge is 2.33. The van der Waals surface area contributed by atoms with Gasteiger partial charge in [0.2, 0.25) is 0 Å². The molecule has 0 unspecified atom stereocenters. The second kappa shape index (κ2) is 8.89. The molecule has 0 amide bonds. The van der Waals surface area contributed by atoms with Crippen molar-refractivity contribution in [3.8, 4) is 11.3 Å². The van der Waals surface area contributed by atoms with Crippen molar-refractivity contribution in [2.75, 3.05) is 19.6 Å². The van der Waals surface area contributed by atoms with E-state index in [4.69, 9.17) is 21.9 Å². The summed E-state index contributed by atoms with van der Waals surface area (Å²) in [6, 6.07) is 20.3. The van der Waals surface area contributed by atoms with Crippen molar-refractivity contribution in [2.45, 2.75) is 12.5 Å². The van der Waals surface area contributed by atoms with Gasteiger partial charge in [-0.15, -0.1) is 12.4 Å². The van der Waals surface area contributed by atoms with Crippen molar-refractivity contribution < 1.29 is 4.52 Å². The standard InChI is InChI=1S/C21H22ClN3O.ClH/c22-18-8-6-16(7-9-18)21-10-19(26-24-21)13-25-12-17(11-23)20(14-25)15-4-2-1-3-5-15;/h1-10,17,20H,11-14,23H2;1H/t17-,20+;/m1./s1. The average molecular weight is 404 g/mol. The molecule has 1 aromatic heterocycles. The van der Waals surface area contributed by atoms with Crippen LogP contribution in [0, 0.1) is 5.92 Å². The van der Waals surface area contributed by atoms with Gasteiger partial charge in [-0.25, -0.2) is 0 Å². The molecule has 4 nitrogen and oxygen atoms in total. The molecular formula is C21H23Cl2N3O. The fourth-order valence-electron chi connectivity index (χ4n) is 3.77. The van der Waals surface area contributed by atoms with Crippen LogP contribution in [-0.2, 0) is 6.54 Å². The third-order valence-electron chi connectivity index (χ3n) is 5.13. The molecule has 6 heteroatoms. The molecule has 0 aliphatic carbocycles. The Kier molecular flexibility index (Phi) is 6.55. The molecule has 142 valence electrons. The monoisotopic (exact) mass is 403 g/mol. The lowest BCUT2D eigenvalue weighted by atomic mass is 9.89. The molecule has 0 saturated carbocycles. The third-order valence-corrected chi connectivity index (χ3v) is 5.38. The number of hydrogen-bond donors (Lipinski definition) is 1. The van der Waals surface area contributed by atoms with Gasteiger partial charge in [0.15, 0.2) is 5.76 Å². The Morgan fingerprint density at radius 1 is 1.07 bits per heavy atom. The van der Waals surface area contributed by atoms with Crippen LogP contribution in [0.1, 0.15) is 17.2 Å². The van der Waals surface area contributed by atoms with Gasteiger partial charge in [0.1, 0.15) is 5.69 Å². The predicted octanol–water partition coefficient (Wildman–Crippen LogP) is 4.59. The summed E-state index contributed by atoms with van der Waals surface area (Å²) in [6.07, 6.45) is 0. The number of halogens is 2. The predicted molar refractivity (Wildman–Crippen MR) is 111 cm³/mol. The van der Waals surface area contributed by atoms with Gasteiger partial charge in [0, 0.05) is 35.7 Å². The Balaban J connectivity index is 0.00000210. The number of rotatable bonds is 5. The molecule has 1 saturated heterocycles. The molecule has 1 aliphatic rings. The first kappa shape index (κ1) is 19.9. The Bertz CT molecular complexity index is 851. The Morgan fingerprint density at radius 3 is 2.52 bits per heavy atom. The highest BCUT2D eigenvalue weighted by molar-refractivity contribution is 6.30. The molecule has 2 atom stereocenters. The van der Waals surface area contributed by atoms with Crippen molar-refractivity contribution in [2.24, 2.45) is 11.7 Å². The molecular weight excluding hydrogens is 381 g/mol. The number of nitrogens with two attached hydrogens (primary N) is 1. The molecule has 0 spiro atoms. The summed E-state index contributed by atoms with van der Waals surface area (Å²) >= 11 is 5.95. The first-order chi connectivity index (χ1) is 12.7. The van der Waals surface area contributed by atoms with E-state index in [0.717, 1.165) is 36.7 Å². The minimum Gasteiger partial charge on any atom is -0.359 e. The molecule has 1 aliphatic heterocycles. The highest BCUT2D eigenvalue weighted by atomic mass is 35.5. The van der Waals surface area contributed by atoms with Gasteiger partial charge in [0.25, 0.3) is 0 Å². The molecule has 3 aromatic rings. The van der Waals surface area contributed by atoms with Crippen LogP contribution in [0.25, 0.3) is 11.3 Å². The second-order valence-corrected chi connectivity index (χ2v) is 7.33. The van der Waals surface area contributed by atoms with Crippen LogP contribution in [0.5, 0.6) is 0 Å². The van der Waals surface area contributed by atoms with Crippen LogP contribution in [0.15, 0.2) is 65.2 Å². The highest BCUT2D eigenvalue weighted by Crippen LogP contribution is 2.33. The number of aromatic nitrogens is 1. The molecule has 2 N–H and O–H groups in total. The van der Waals surface area contributed by atoms with Crippen molar-refractivity contribution in [1.29, 1.82) is 0 Å². The summed E-state index contributed by atoms with van der Waals surface area (Å²) in [5.41, 5.74) is 9.25. The summed E-state index contributed by atoms with van der Waals surface area (Å²) in [5, 5.41) is 4.92. The zero-order chi connectivity index (χ0) is 17.9. The zero-order valence-electron chi connectivity index (χ0n) is 14.9. The minimum atomic E-state index is 0. The van der Waals surface area contributed by atoms with Crippen LogP contribution >= 0.6 is 24.0 Å². The summed E-state index contributed by atoms with van der Waals surface area (Å²) < 4.78 is 5.57. The lowest BCUT2D eigenvalue weighted by Crippen LogP contribution is -2.23. The Labute approximate surface area is 170 Å². The normalized spacial score (nSPS) is 19.8. The molecule has 2 aromatic carbocycles. The van der Waals surface area contributed by atoms with Gasteiger partial charge in [0.05, 0.1) is 6.54 Å². The third kappa shape index (κ3) is 4.53. The van der Waals surface area contributed by atoms with Crippen molar-refractivity contribution in [3.05, 3.63) is 77.0 Å². The van der Waals surface area contributed by atoms with Crippen LogP contribution in [-0.4, -0.2) is 29.7 Å². The lowest BCUT2D eigenvalue weighted by molar-refractivity contribution is 0.266. The maximum atomic E-state index is 6.04. The second-order valence-electron chi connectivity index (χ2n) is 6.89. The SMILES string of the molecule is Cl.NC[C@@H]1CN(Cc2cc(-c3ccc(Cl)cc3)no2)C[C@H]1c1ccccc1. The van der Waals surface area contributed by atoms with Gasteiger partial charge in [-0.2, -0.15) is 0 Å². The minimum absolute atomic E-state index is 0. The summed E-state index contributed by atoms with van der Waals surface area (Å²) in [4.78, 5) is 2.40.